The molecule has 2 aliphatic heterocycles. The molecule has 37 heavy (non-hydrogen) atoms. The summed E-state index contributed by atoms with van der Waals surface area (Å²) in [4.78, 5) is 28.5. The highest BCUT2D eigenvalue weighted by atomic mass is 16.6. The quantitative estimate of drug-likeness (QED) is 0.264. The number of carbonyl (C=O) groups is 1. The molecule has 1 saturated carbocycles. The molecule has 2 fully saturated rings. The van der Waals surface area contributed by atoms with E-state index in [2.05, 4.69) is 11.5 Å². The largest absolute Gasteiger partial charge is 0.504 e. The van der Waals surface area contributed by atoms with Crippen LogP contribution >= 0.6 is 0 Å². The first-order valence-electron chi connectivity index (χ1n) is 12.5. The van der Waals surface area contributed by atoms with Crippen LogP contribution in [-0.4, -0.2) is 74.8 Å². The number of hydrogen-bond donors (Lipinski definition) is 2. The van der Waals surface area contributed by atoms with Crippen molar-refractivity contribution in [3.05, 3.63) is 70.2 Å². The van der Waals surface area contributed by atoms with Crippen LogP contribution in [0.3, 0.4) is 0 Å². The molecule has 10 nitrogen and oxygen atoms in total. The van der Waals surface area contributed by atoms with Crippen LogP contribution in [0.15, 0.2) is 47.8 Å². The maximum atomic E-state index is 13.2. The van der Waals surface area contributed by atoms with E-state index in [1.54, 1.807) is 30.2 Å². The number of phenols is 1. The summed E-state index contributed by atoms with van der Waals surface area (Å²) in [5.74, 6) is -0.350. The van der Waals surface area contributed by atoms with Crippen LogP contribution in [0.25, 0.3) is 6.08 Å². The van der Waals surface area contributed by atoms with Crippen molar-refractivity contribution in [1.29, 1.82) is 0 Å². The molecule has 5 atom stereocenters. The van der Waals surface area contributed by atoms with Crippen LogP contribution < -0.4 is 4.74 Å². The van der Waals surface area contributed by atoms with E-state index in [1.165, 1.54) is 18.6 Å². The van der Waals surface area contributed by atoms with Crippen molar-refractivity contribution in [2.45, 2.75) is 54.9 Å². The zero-order chi connectivity index (χ0) is 26.1. The Morgan fingerprint density at radius 3 is 2.95 bits per heavy atom. The van der Waals surface area contributed by atoms with Crippen LogP contribution in [0.1, 0.15) is 36.0 Å². The SMILES string of the molecule is C=CCN1CC[C@]23c4c5c([N+](=O)[O-])cc(O)c4O[C@H]2[C@H](N(C)C(=O)/C=C/c2ccoc2)CC[C@@]3(O)[C@H]1C5. The number of nitro benzene ring substituents is 1. The van der Waals surface area contributed by atoms with Crippen molar-refractivity contribution >= 4 is 17.7 Å². The van der Waals surface area contributed by atoms with Crippen LogP contribution in [-0.2, 0) is 16.6 Å². The first-order valence-corrected chi connectivity index (χ1v) is 12.5. The van der Waals surface area contributed by atoms with E-state index in [1.807, 2.05) is 0 Å². The molecular weight excluding hydrogens is 478 g/mol. The molecule has 1 aromatic heterocycles. The molecule has 6 rings (SSSR count). The van der Waals surface area contributed by atoms with Crippen molar-refractivity contribution in [3.8, 4) is 11.5 Å². The standard InChI is InChI=1S/C27H29N3O7/c1-3-10-29-11-9-26-23-17-13-21(29)27(26,33)8-6-18(28(2)22(32)5-4-16-7-12-36-15-16)25(26)37-24(23)20(31)14-19(17)30(34)35/h3-5,7,12,14-15,18,21,25,31,33H,1,6,8-11,13H2,2H3/b5-4+/t18-,21-,25+,26+,27-/m1/s1. The number of nitro groups is 1. The highest BCUT2D eigenvalue weighted by Crippen LogP contribution is 2.67. The molecule has 3 heterocycles. The normalized spacial score (nSPS) is 31.6. The lowest BCUT2D eigenvalue weighted by molar-refractivity contribution is -0.386. The second kappa shape index (κ2) is 8.19. The maximum absolute atomic E-state index is 13.2. The summed E-state index contributed by atoms with van der Waals surface area (Å²) < 4.78 is 11.5. The Hall–Kier alpha value is -3.63. The number of benzene rings is 1. The Balaban J connectivity index is 1.47. The molecule has 1 spiro atoms. The molecule has 2 bridgehead atoms. The third-order valence-electron chi connectivity index (χ3n) is 9.01. The van der Waals surface area contributed by atoms with E-state index in [-0.39, 0.29) is 35.6 Å². The molecular formula is C27H29N3O7. The van der Waals surface area contributed by atoms with Crippen molar-refractivity contribution in [3.63, 3.8) is 0 Å². The summed E-state index contributed by atoms with van der Waals surface area (Å²) in [7, 11) is 1.70. The Kier molecular flexibility index (Phi) is 5.26. The molecule has 2 aromatic rings. The van der Waals surface area contributed by atoms with Crippen molar-refractivity contribution in [2.24, 2.45) is 0 Å². The lowest BCUT2D eigenvalue weighted by atomic mass is 9.48. The van der Waals surface area contributed by atoms with Gasteiger partial charge in [0.1, 0.15) is 6.10 Å². The molecule has 2 aliphatic carbocycles. The van der Waals surface area contributed by atoms with E-state index in [0.29, 0.717) is 43.5 Å². The van der Waals surface area contributed by atoms with E-state index < -0.39 is 28.1 Å². The van der Waals surface area contributed by atoms with Crippen molar-refractivity contribution in [2.75, 3.05) is 20.1 Å². The topological polar surface area (TPSA) is 130 Å². The number of aromatic hydroxyl groups is 1. The van der Waals surface area contributed by atoms with Gasteiger partial charge in [-0.05, 0) is 44.4 Å². The number of amides is 1. The van der Waals surface area contributed by atoms with Crippen LogP contribution in [0, 0.1) is 10.1 Å². The van der Waals surface area contributed by atoms with Gasteiger partial charge in [0, 0.05) is 42.4 Å². The number of likely N-dealkylation sites (N-methyl/N-ethyl adjacent to an activating group) is 1. The first-order chi connectivity index (χ1) is 17.7. The number of aliphatic hydroxyl groups is 1. The van der Waals surface area contributed by atoms with Gasteiger partial charge in [0.15, 0.2) is 11.5 Å². The number of phenolic OH excluding ortho intramolecular Hbond substituents is 1. The number of likely N-dealkylation sites (tertiary alicyclic amines) is 1. The van der Waals surface area contributed by atoms with Crippen molar-refractivity contribution in [1.82, 2.24) is 9.80 Å². The molecule has 1 saturated heterocycles. The van der Waals surface area contributed by atoms with E-state index >= 15 is 0 Å². The molecule has 0 radical (unpaired) electrons. The van der Waals surface area contributed by atoms with Gasteiger partial charge in [-0.1, -0.05) is 6.08 Å². The lowest BCUT2D eigenvalue weighted by Crippen LogP contribution is -2.78. The van der Waals surface area contributed by atoms with Crippen LogP contribution in [0.4, 0.5) is 5.69 Å². The molecule has 10 heteroatoms. The van der Waals surface area contributed by atoms with Crippen LogP contribution in [0.5, 0.6) is 11.5 Å². The fourth-order valence-corrected chi connectivity index (χ4v) is 7.43. The Morgan fingerprint density at radius 2 is 2.24 bits per heavy atom. The van der Waals surface area contributed by atoms with Crippen LogP contribution in [0.2, 0.25) is 0 Å². The zero-order valence-corrected chi connectivity index (χ0v) is 20.5. The average molecular weight is 508 g/mol. The predicted octanol–water partition coefficient (Wildman–Crippen LogP) is 2.77. The van der Waals surface area contributed by atoms with Crippen molar-refractivity contribution < 1.29 is 29.1 Å². The molecule has 194 valence electrons. The predicted molar refractivity (Wildman–Crippen MR) is 133 cm³/mol. The van der Waals surface area contributed by atoms with Gasteiger partial charge >= 0.3 is 0 Å². The molecule has 1 aromatic carbocycles. The number of rotatable bonds is 6. The lowest BCUT2D eigenvalue weighted by Gasteiger charge is -2.64. The number of nitrogens with zero attached hydrogens (tertiary/aromatic N) is 3. The summed E-state index contributed by atoms with van der Waals surface area (Å²) in [5, 5.41) is 35.3. The number of ether oxygens (including phenoxy) is 1. The van der Waals surface area contributed by atoms with Gasteiger partial charge in [-0.3, -0.25) is 19.8 Å². The Morgan fingerprint density at radius 1 is 1.43 bits per heavy atom. The highest BCUT2D eigenvalue weighted by molar-refractivity contribution is 5.92. The van der Waals surface area contributed by atoms with E-state index in [4.69, 9.17) is 9.15 Å². The summed E-state index contributed by atoms with van der Waals surface area (Å²) in [6, 6.07) is 2.11. The minimum absolute atomic E-state index is 0.165. The van der Waals surface area contributed by atoms with Gasteiger partial charge in [-0.25, -0.2) is 0 Å². The molecule has 1 amide bonds. The second-order valence-corrected chi connectivity index (χ2v) is 10.5. The minimum Gasteiger partial charge on any atom is -0.504 e. The number of carbonyl (C=O) groups excluding carboxylic acids is 1. The first kappa shape index (κ1) is 23.7. The number of hydrogen-bond acceptors (Lipinski definition) is 8. The van der Waals surface area contributed by atoms with Gasteiger partial charge < -0.3 is 24.3 Å². The molecule has 2 N–H and O–H groups in total. The summed E-state index contributed by atoms with van der Waals surface area (Å²) in [5.41, 5.74) is -0.602. The highest BCUT2D eigenvalue weighted by Gasteiger charge is 2.74. The fraction of sp³-hybridized carbons (Fsp3) is 0.444. The maximum Gasteiger partial charge on any atom is 0.276 e. The zero-order valence-electron chi connectivity index (χ0n) is 20.5. The third-order valence-corrected chi connectivity index (χ3v) is 9.01. The Bertz CT molecular complexity index is 1320. The third kappa shape index (κ3) is 3.09. The molecule has 4 aliphatic rings. The smallest absolute Gasteiger partial charge is 0.276 e. The summed E-state index contributed by atoms with van der Waals surface area (Å²) in [6.45, 7) is 5.03. The monoisotopic (exact) mass is 507 g/mol. The minimum atomic E-state index is -1.24. The number of piperidine rings is 1. The second-order valence-electron chi connectivity index (χ2n) is 10.5. The number of furan rings is 1. The van der Waals surface area contributed by atoms with Gasteiger partial charge in [0.05, 0.1) is 40.6 Å². The molecule has 0 unspecified atom stereocenters. The Labute approximate surface area is 213 Å². The fourth-order valence-electron chi connectivity index (χ4n) is 7.43. The van der Waals surface area contributed by atoms with E-state index in [9.17, 15) is 25.1 Å². The van der Waals surface area contributed by atoms with Gasteiger partial charge in [-0.2, -0.15) is 0 Å². The van der Waals surface area contributed by atoms with E-state index in [0.717, 1.165) is 11.6 Å². The average Bonchev–Trinajstić information content (AvgIpc) is 3.50. The van der Waals surface area contributed by atoms with Gasteiger partial charge in [-0.15, -0.1) is 6.58 Å². The van der Waals surface area contributed by atoms with Gasteiger partial charge in [0.2, 0.25) is 5.91 Å². The summed E-state index contributed by atoms with van der Waals surface area (Å²) >= 11 is 0. The van der Waals surface area contributed by atoms with Gasteiger partial charge in [0.25, 0.3) is 5.69 Å². The summed E-state index contributed by atoms with van der Waals surface area (Å²) in [6.07, 6.45) is 8.93.